The van der Waals surface area contributed by atoms with Crippen LogP contribution in [0.15, 0.2) is 6.07 Å². The Balaban J connectivity index is 2.77. The van der Waals surface area contributed by atoms with Crippen molar-refractivity contribution < 1.29 is 9.47 Å². The predicted octanol–water partition coefficient (Wildman–Crippen LogP) is 2.48. The summed E-state index contributed by atoms with van der Waals surface area (Å²) in [6.45, 7) is 6.78. The van der Waals surface area contributed by atoms with Crippen LogP contribution in [0.1, 0.15) is 33.0 Å². The van der Waals surface area contributed by atoms with Crippen molar-refractivity contribution in [2.75, 3.05) is 19.5 Å². The Hall–Kier alpha value is -1.36. The monoisotopic (exact) mass is 253 g/mol. The second-order valence-corrected chi connectivity index (χ2v) is 4.75. The molecule has 0 saturated carbocycles. The van der Waals surface area contributed by atoms with E-state index < -0.39 is 0 Å². The van der Waals surface area contributed by atoms with Crippen molar-refractivity contribution in [3.05, 3.63) is 11.9 Å². The van der Waals surface area contributed by atoms with Gasteiger partial charge in [0.15, 0.2) is 5.82 Å². The van der Waals surface area contributed by atoms with Crippen molar-refractivity contribution in [3.63, 3.8) is 0 Å². The van der Waals surface area contributed by atoms with Crippen molar-refractivity contribution >= 4 is 5.82 Å². The fraction of sp³-hybridized carbons (Fsp3) is 0.692. The van der Waals surface area contributed by atoms with E-state index in [1.54, 1.807) is 13.2 Å². The second kappa shape index (κ2) is 7.16. The molecule has 1 atom stereocenters. The van der Waals surface area contributed by atoms with Crippen molar-refractivity contribution in [2.45, 2.75) is 39.9 Å². The molecule has 5 nitrogen and oxygen atoms in total. The molecule has 1 aromatic heterocycles. The lowest BCUT2D eigenvalue weighted by atomic mass is 10.1. The molecule has 5 heteroatoms. The summed E-state index contributed by atoms with van der Waals surface area (Å²) in [7, 11) is 3.44. The maximum absolute atomic E-state index is 5.81. The SMILES string of the molecule is CNc1cc(OC(C)CC(C)C)nc(COC)n1. The number of nitrogens with zero attached hydrogens (tertiary/aromatic N) is 2. The van der Waals surface area contributed by atoms with E-state index in [1.165, 1.54) is 0 Å². The maximum Gasteiger partial charge on any atom is 0.219 e. The lowest BCUT2D eigenvalue weighted by Gasteiger charge is -2.16. The fourth-order valence-electron chi connectivity index (χ4n) is 1.77. The molecule has 0 radical (unpaired) electrons. The number of nitrogens with one attached hydrogen (secondary N) is 1. The van der Waals surface area contributed by atoms with Gasteiger partial charge in [-0.3, -0.25) is 0 Å². The first-order valence-electron chi connectivity index (χ1n) is 6.26. The van der Waals surface area contributed by atoms with Gasteiger partial charge in [0.2, 0.25) is 5.88 Å². The van der Waals surface area contributed by atoms with Crippen molar-refractivity contribution in [1.82, 2.24) is 9.97 Å². The molecular weight excluding hydrogens is 230 g/mol. The maximum atomic E-state index is 5.81. The van der Waals surface area contributed by atoms with Crippen LogP contribution in [0.4, 0.5) is 5.82 Å². The van der Waals surface area contributed by atoms with Crippen LogP contribution in [-0.2, 0) is 11.3 Å². The summed E-state index contributed by atoms with van der Waals surface area (Å²) in [6, 6.07) is 1.80. The average molecular weight is 253 g/mol. The molecule has 0 aliphatic rings. The van der Waals surface area contributed by atoms with E-state index in [4.69, 9.17) is 9.47 Å². The van der Waals surface area contributed by atoms with Gasteiger partial charge < -0.3 is 14.8 Å². The molecule has 1 unspecified atom stereocenters. The number of aromatic nitrogens is 2. The number of methoxy groups -OCH3 is 1. The Kier molecular flexibility index (Phi) is 5.85. The zero-order valence-corrected chi connectivity index (χ0v) is 11.9. The van der Waals surface area contributed by atoms with Crippen LogP contribution in [0, 0.1) is 5.92 Å². The first-order valence-corrected chi connectivity index (χ1v) is 6.26. The smallest absolute Gasteiger partial charge is 0.219 e. The molecule has 1 rings (SSSR count). The van der Waals surface area contributed by atoms with Crippen LogP contribution in [0.3, 0.4) is 0 Å². The third-order valence-electron chi connectivity index (χ3n) is 2.40. The van der Waals surface area contributed by atoms with E-state index in [-0.39, 0.29) is 6.10 Å². The van der Waals surface area contributed by atoms with Gasteiger partial charge in [0.1, 0.15) is 12.4 Å². The first kappa shape index (κ1) is 14.7. The van der Waals surface area contributed by atoms with E-state index in [0.717, 1.165) is 12.2 Å². The third-order valence-corrected chi connectivity index (χ3v) is 2.40. The summed E-state index contributed by atoms with van der Waals surface area (Å²) in [4.78, 5) is 8.60. The van der Waals surface area contributed by atoms with Gasteiger partial charge in [0, 0.05) is 20.2 Å². The lowest BCUT2D eigenvalue weighted by Crippen LogP contribution is -2.16. The standard InChI is InChI=1S/C13H23N3O2/c1-9(2)6-10(3)18-13-7-11(14-4)15-12(16-13)8-17-5/h7,9-10H,6,8H2,1-5H3,(H,14,15,16). The molecular formula is C13H23N3O2. The molecule has 102 valence electrons. The minimum atomic E-state index is 0.139. The largest absolute Gasteiger partial charge is 0.474 e. The van der Waals surface area contributed by atoms with Gasteiger partial charge in [-0.15, -0.1) is 0 Å². The second-order valence-electron chi connectivity index (χ2n) is 4.75. The van der Waals surface area contributed by atoms with Gasteiger partial charge >= 0.3 is 0 Å². The van der Waals surface area contributed by atoms with E-state index in [9.17, 15) is 0 Å². The lowest BCUT2D eigenvalue weighted by molar-refractivity contribution is 0.168. The molecule has 0 saturated heterocycles. The van der Waals surface area contributed by atoms with Crippen LogP contribution in [0.25, 0.3) is 0 Å². The van der Waals surface area contributed by atoms with Gasteiger partial charge in [-0.05, 0) is 19.3 Å². The van der Waals surface area contributed by atoms with Crippen molar-refractivity contribution in [3.8, 4) is 5.88 Å². The average Bonchev–Trinajstić information content (AvgIpc) is 2.27. The summed E-state index contributed by atoms with van der Waals surface area (Å²) < 4.78 is 10.9. The Morgan fingerprint density at radius 1 is 1.28 bits per heavy atom. The first-order chi connectivity index (χ1) is 8.55. The molecule has 18 heavy (non-hydrogen) atoms. The molecule has 1 aromatic rings. The van der Waals surface area contributed by atoms with Gasteiger partial charge in [-0.2, -0.15) is 4.98 Å². The van der Waals surface area contributed by atoms with Crippen molar-refractivity contribution in [2.24, 2.45) is 5.92 Å². The summed E-state index contributed by atoms with van der Waals surface area (Å²) >= 11 is 0. The minimum absolute atomic E-state index is 0.139. The Labute approximate surface area is 109 Å². The van der Waals surface area contributed by atoms with E-state index in [1.807, 2.05) is 7.05 Å². The number of anilines is 1. The highest BCUT2D eigenvalue weighted by Crippen LogP contribution is 2.17. The zero-order valence-electron chi connectivity index (χ0n) is 11.9. The number of hydrogen-bond acceptors (Lipinski definition) is 5. The van der Waals surface area contributed by atoms with Crippen LogP contribution < -0.4 is 10.1 Å². The predicted molar refractivity (Wildman–Crippen MR) is 71.8 cm³/mol. The van der Waals surface area contributed by atoms with Crippen LogP contribution in [0.5, 0.6) is 5.88 Å². The fourth-order valence-corrected chi connectivity index (χ4v) is 1.77. The normalized spacial score (nSPS) is 12.6. The van der Waals surface area contributed by atoms with Crippen molar-refractivity contribution in [1.29, 1.82) is 0 Å². The molecule has 1 N–H and O–H groups in total. The number of ether oxygens (including phenoxy) is 2. The molecule has 0 aliphatic heterocycles. The minimum Gasteiger partial charge on any atom is -0.474 e. The Morgan fingerprint density at radius 2 is 2.00 bits per heavy atom. The summed E-state index contributed by atoms with van der Waals surface area (Å²) in [6.07, 6.45) is 1.14. The topological polar surface area (TPSA) is 56.3 Å². The molecule has 0 aromatic carbocycles. The summed E-state index contributed by atoms with van der Waals surface area (Å²) in [5.74, 6) is 2.55. The van der Waals surface area contributed by atoms with Crippen LogP contribution in [0.2, 0.25) is 0 Å². The summed E-state index contributed by atoms with van der Waals surface area (Å²) in [5, 5.41) is 2.99. The van der Waals surface area contributed by atoms with Gasteiger partial charge in [0.25, 0.3) is 0 Å². The Bertz CT molecular complexity index is 369. The van der Waals surface area contributed by atoms with Gasteiger partial charge in [-0.25, -0.2) is 4.98 Å². The highest BCUT2D eigenvalue weighted by Gasteiger charge is 2.10. The van der Waals surface area contributed by atoms with Crippen LogP contribution >= 0.6 is 0 Å². The quantitative estimate of drug-likeness (QED) is 0.809. The molecule has 0 bridgehead atoms. The molecule has 0 amide bonds. The molecule has 0 spiro atoms. The van der Waals surface area contributed by atoms with Gasteiger partial charge in [-0.1, -0.05) is 13.8 Å². The number of hydrogen-bond donors (Lipinski definition) is 1. The highest BCUT2D eigenvalue weighted by atomic mass is 16.5. The molecule has 0 fully saturated rings. The van der Waals surface area contributed by atoms with Gasteiger partial charge in [0.05, 0.1) is 6.10 Å². The highest BCUT2D eigenvalue weighted by molar-refractivity contribution is 5.37. The van der Waals surface area contributed by atoms with E-state index in [2.05, 4.69) is 36.1 Å². The van der Waals surface area contributed by atoms with E-state index >= 15 is 0 Å². The molecule has 0 aliphatic carbocycles. The molecule has 1 heterocycles. The number of rotatable bonds is 7. The zero-order chi connectivity index (χ0) is 13.5. The summed E-state index contributed by atoms with van der Waals surface area (Å²) in [5.41, 5.74) is 0. The third kappa shape index (κ3) is 4.87. The Morgan fingerprint density at radius 3 is 2.56 bits per heavy atom. The van der Waals surface area contributed by atoms with Crippen LogP contribution in [-0.4, -0.2) is 30.2 Å². The van der Waals surface area contributed by atoms with E-state index in [0.29, 0.717) is 24.2 Å².